The standard InChI is InChI=1S/C12H8Cl2O5S2/c13-20(15,16)11-8-4-7-10(12(11)21(14,17)18)19-9-5-2-1-3-6-9/h1-8H. The molecule has 0 aliphatic rings. The first-order valence-electron chi connectivity index (χ1n) is 5.45. The van der Waals surface area contributed by atoms with Gasteiger partial charge in [-0.3, -0.25) is 0 Å². The van der Waals surface area contributed by atoms with Crippen LogP contribution in [0.2, 0.25) is 0 Å². The number of para-hydroxylation sites is 1. The number of rotatable bonds is 4. The molecule has 2 aromatic rings. The fraction of sp³-hybridized carbons (Fsp3) is 0. The lowest BCUT2D eigenvalue weighted by Crippen LogP contribution is -2.03. The fourth-order valence-corrected chi connectivity index (χ4v) is 4.64. The summed E-state index contributed by atoms with van der Waals surface area (Å²) in [7, 11) is 1.86. The first-order valence-corrected chi connectivity index (χ1v) is 10.1. The molecule has 0 fully saturated rings. The maximum absolute atomic E-state index is 11.7. The van der Waals surface area contributed by atoms with Gasteiger partial charge in [0.05, 0.1) is 0 Å². The molecule has 5 nitrogen and oxygen atoms in total. The summed E-state index contributed by atoms with van der Waals surface area (Å²) in [4.78, 5) is -1.32. The molecule has 0 heterocycles. The molecule has 0 aromatic heterocycles. The van der Waals surface area contributed by atoms with Crippen LogP contribution in [0.1, 0.15) is 0 Å². The average molecular weight is 367 g/mol. The molecule has 0 saturated heterocycles. The Balaban J connectivity index is 2.68. The van der Waals surface area contributed by atoms with Crippen molar-refractivity contribution in [1.82, 2.24) is 0 Å². The molecular formula is C12H8Cl2O5S2. The minimum atomic E-state index is -4.38. The number of hydrogen-bond acceptors (Lipinski definition) is 5. The Hall–Kier alpha value is -1.28. The number of benzene rings is 2. The van der Waals surface area contributed by atoms with Crippen molar-refractivity contribution in [2.45, 2.75) is 9.79 Å². The van der Waals surface area contributed by atoms with Gasteiger partial charge in [-0.2, -0.15) is 0 Å². The van der Waals surface area contributed by atoms with Gasteiger partial charge < -0.3 is 4.74 Å². The van der Waals surface area contributed by atoms with Gasteiger partial charge in [0.1, 0.15) is 21.3 Å². The predicted octanol–water partition coefficient (Wildman–Crippen LogP) is 3.33. The third-order valence-corrected chi connectivity index (χ3v) is 5.29. The van der Waals surface area contributed by atoms with E-state index < -0.39 is 27.9 Å². The maximum Gasteiger partial charge on any atom is 0.266 e. The Bertz CT molecular complexity index is 862. The van der Waals surface area contributed by atoms with Crippen LogP contribution in [0.4, 0.5) is 0 Å². The molecule has 0 aliphatic carbocycles. The summed E-state index contributed by atoms with van der Waals surface area (Å²) in [6.45, 7) is 0. The van der Waals surface area contributed by atoms with E-state index in [1.54, 1.807) is 30.3 Å². The van der Waals surface area contributed by atoms with Crippen LogP contribution >= 0.6 is 21.4 Å². The van der Waals surface area contributed by atoms with E-state index >= 15 is 0 Å². The lowest BCUT2D eigenvalue weighted by atomic mass is 10.3. The highest BCUT2D eigenvalue weighted by molar-refractivity contribution is 8.16. The van der Waals surface area contributed by atoms with E-state index in [1.165, 1.54) is 12.1 Å². The van der Waals surface area contributed by atoms with Crippen LogP contribution in [-0.2, 0) is 18.1 Å². The minimum absolute atomic E-state index is 0.224. The molecule has 0 spiro atoms. The summed E-state index contributed by atoms with van der Waals surface area (Å²) in [5, 5.41) is 0. The summed E-state index contributed by atoms with van der Waals surface area (Å²) >= 11 is 0. The van der Waals surface area contributed by atoms with E-state index in [9.17, 15) is 16.8 Å². The Morgan fingerprint density at radius 1 is 0.762 bits per heavy atom. The van der Waals surface area contributed by atoms with Crippen LogP contribution in [0.5, 0.6) is 11.5 Å². The molecule has 0 amide bonds. The van der Waals surface area contributed by atoms with Crippen LogP contribution in [0, 0.1) is 0 Å². The van der Waals surface area contributed by atoms with E-state index in [0.717, 1.165) is 6.07 Å². The van der Waals surface area contributed by atoms with Crippen molar-refractivity contribution in [2.75, 3.05) is 0 Å². The van der Waals surface area contributed by atoms with Crippen LogP contribution in [0.25, 0.3) is 0 Å². The van der Waals surface area contributed by atoms with Gasteiger partial charge in [-0.25, -0.2) is 16.8 Å². The summed E-state index contributed by atoms with van der Waals surface area (Å²) in [6, 6.07) is 11.9. The topological polar surface area (TPSA) is 77.5 Å². The quantitative estimate of drug-likeness (QED) is 0.775. The van der Waals surface area contributed by atoms with Gasteiger partial charge in [-0.1, -0.05) is 24.3 Å². The van der Waals surface area contributed by atoms with E-state index in [2.05, 4.69) is 0 Å². The molecule has 0 atom stereocenters. The predicted molar refractivity (Wildman–Crippen MR) is 79.0 cm³/mol. The number of hydrogen-bond donors (Lipinski definition) is 0. The number of ether oxygens (including phenoxy) is 1. The van der Waals surface area contributed by atoms with Crippen molar-refractivity contribution in [2.24, 2.45) is 0 Å². The Kier molecular flexibility index (Phi) is 4.48. The average Bonchev–Trinajstić information content (AvgIpc) is 2.37. The number of halogens is 2. The van der Waals surface area contributed by atoms with Gasteiger partial charge in [-0.05, 0) is 24.3 Å². The molecule has 0 unspecified atom stereocenters. The Morgan fingerprint density at radius 3 is 1.90 bits per heavy atom. The summed E-state index contributed by atoms with van der Waals surface area (Å²) in [5.41, 5.74) is 0. The highest BCUT2D eigenvalue weighted by atomic mass is 35.7. The van der Waals surface area contributed by atoms with Gasteiger partial charge in [0.2, 0.25) is 0 Å². The van der Waals surface area contributed by atoms with Crippen LogP contribution in [0.15, 0.2) is 58.3 Å². The van der Waals surface area contributed by atoms with Crippen molar-refractivity contribution in [3.05, 3.63) is 48.5 Å². The van der Waals surface area contributed by atoms with E-state index in [0.29, 0.717) is 5.75 Å². The Labute approximate surface area is 130 Å². The molecule has 0 radical (unpaired) electrons. The molecule has 2 aromatic carbocycles. The second kappa shape index (κ2) is 5.84. The molecule has 0 saturated carbocycles. The van der Waals surface area contributed by atoms with Crippen molar-refractivity contribution >= 4 is 39.5 Å². The first-order chi connectivity index (χ1) is 9.69. The molecular weight excluding hydrogens is 359 g/mol. The van der Waals surface area contributed by atoms with Crippen molar-refractivity contribution in [3.63, 3.8) is 0 Å². The largest absolute Gasteiger partial charge is 0.456 e. The van der Waals surface area contributed by atoms with E-state index in [4.69, 9.17) is 26.1 Å². The van der Waals surface area contributed by atoms with Crippen molar-refractivity contribution in [1.29, 1.82) is 0 Å². The van der Waals surface area contributed by atoms with Gasteiger partial charge >= 0.3 is 0 Å². The summed E-state index contributed by atoms with van der Waals surface area (Å²) in [5.74, 6) is 0.0983. The van der Waals surface area contributed by atoms with Crippen LogP contribution in [0.3, 0.4) is 0 Å². The highest BCUT2D eigenvalue weighted by Crippen LogP contribution is 2.36. The molecule has 0 aliphatic heterocycles. The zero-order valence-corrected chi connectivity index (χ0v) is 13.4. The Morgan fingerprint density at radius 2 is 1.38 bits per heavy atom. The molecule has 21 heavy (non-hydrogen) atoms. The summed E-state index contributed by atoms with van der Waals surface area (Å²) < 4.78 is 51.7. The van der Waals surface area contributed by atoms with Crippen LogP contribution in [-0.4, -0.2) is 16.8 Å². The zero-order valence-electron chi connectivity index (χ0n) is 10.2. The maximum atomic E-state index is 11.7. The lowest BCUT2D eigenvalue weighted by Gasteiger charge is -2.11. The smallest absolute Gasteiger partial charge is 0.266 e. The highest BCUT2D eigenvalue weighted by Gasteiger charge is 2.28. The zero-order chi connectivity index (χ0) is 15.7. The minimum Gasteiger partial charge on any atom is -0.456 e. The SMILES string of the molecule is O=S(=O)(Cl)c1cccc(Oc2ccccc2)c1S(=O)(=O)Cl. The normalized spacial score (nSPS) is 12.1. The lowest BCUT2D eigenvalue weighted by molar-refractivity contribution is 0.464. The summed E-state index contributed by atoms with van der Waals surface area (Å²) in [6.07, 6.45) is 0. The van der Waals surface area contributed by atoms with E-state index in [1.807, 2.05) is 0 Å². The van der Waals surface area contributed by atoms with Crippen LogP contribution < -0.4 is 4.74 Å². The van der Waals surface area contributed by atoms with Crippen molar-refractivity contribution < 1.29 is 21.6 Å². The van der Waals surface area contributed by atoms with Gasteiger partial charge in [0.25, 0.3) is 18.1 Å². The molecule has 112 valence electrons. The second-order valence-corrected chi connectivity index (χ2v) is 8.91. The third kappa shape index (κ3) is 3.88. The molecule has 2 rings (SSSR count). The van der Waals surface area contributed by atoms with Gasteiger partial charge in [0.15, 0.2) is 0 Å². The third-order valence-electron chi connectivity index (χ3n) is 2.42. The monoisotopic (exact) mass is 366 g/mol. The van der Waals surface area contributed by atoms with Gasteiger partial charge in [-0.15, -0.1) is 0 Å². The van der Waals surface area contributed by atoms with Crippen molar-refractivity contribution in [3.8, 4) is 11.5 Å². The fourth-order valence-electron chi connectivity index (χ4n) is 1.62. The molecule has 0 N–H and O–H groups in total. The second-order valence-electron chi connectivity index (χ2n) is 3.87. The molecule has 0 bridgehead atoms. The molecule has 9 heteroatoms. The van der Waals surface area contributed by atoms with E-state index in [-0.39, 0.29) is 5.75 Å². The van der Waals surface area contributed by atoms with Gasteiger partial charge in [0, 0.05) is 21.4 Å². The first kappa shape index (κ1) is 16.1.